The van der Waals surface area contributed by atoms with Gasteiger partial charge >= 0.3 is 0 Å². The number of hydrogen-bond donors (Lipinski definition) is 3. The molecule has 0 spiro atoms. The van der Waals surface area contributed by atoms with E-state index in [9.17, 15) is 0 Å². The van der Waals surface area contributed by atoms with Crippen LogP contribution in [-0.4, -0.2) is 20.2 Å². The van der Waals surface area contributed by atoms with Gasteiger partial charge in [0.2, 0.25) is 0 Å². The van der Waals surface area contributed by atoms with E-state index in [1.165, 1.54) is 5.56 Å². The Morgan fingerprint density at radius 2 is 2.03 bits per heavy atom. The largest absolute Gasteiger partial charge is 0.359 e. The Labute approximate surface area is 208 Å². The average Bonchev–Trinajstić information content (AvgIpc) is 3.64. The van der Waals surface area contributed by atoms with Crippen molar-refractivity contribution in [2.75, 3.05) is 0 Å². The van der Waals surface area contributed by atoms with Crippen LogP contribution >= 0.6 is 11.3 Å². The molecule has 0 atom stereocenters. The van der Waals surface area contributed by atoms with Crippen LogP contribution < -0.4 is 5.32 Å². The fourth-order valence-corrected chi connectivity index (χ4v) is 4.82. The Bertz CT molecular complexity index is 1590. The summed E-state index contributed by atoms with van der Waals surface area (Å²) in [5, 5.41) is 17.6. The number of thiophene rings is 1. The molecule has 5 rings (SSSR count). The third-order valence-electron chi connectivity index (χ3n) is 6.12. The lowest BCUT2D eigenvalue weighted by molar-refractivity contribution is 0.921. The zero-order valence-electron chi connectivity index (χ0n) is 19.9. The molecule has 0 aliphatic rings. The lowest BCUT2D eigenvalue weighted by Crippen LogP contribution is -2.09. The van der Waals surface area contributed by atoms with Crippen molar-refractivity contribution in [2.45, 2.75) is 20.3 Å². The highest BCUT2D eigenvalue weighted by Crippen LogP contribution is 2.35. The van der Waals surface area contributed by atoms with E-state index in [2.05, 4.69) is 98.8 Å². The maximum absolute atomic E-state index is 4.66. The summed E-state index contributed by atoms with van der Waals surface area (Å²) in [6, 6.07) is 10.6. The van der Waals surface area contributed by atoms with Crippen LogP contribution in [0, 0.1) is 0 Å². The molecule has 4 heterocycles. The predicted octanol–water partition coefficient (Wildman–Crippen LogP) is 7.82. The van der Waals surface area contributed by atoms with E-state index in [0.29, 0.717) is 0 Å². The Morgan fingerprint density at radius 1 is 1.14 bits per heavy atom. The van der Waals surface area contributed by atoms with Gasteiger partial charge in [-0.3, -0.25) is 10.1 Å². The second-order valence-electron chi connectivity index (χ2n) is 8.31. The van der Waals surface area contributed by atoms with E-state index in [0.717, 1.165) is 67.7 Å². The fourth-order valence-electron chi connectivity index (χ4n) is 4.16. The van der Waals surface area contributed by atoms with E-state index in [1.54, 1.807) is 11.3 Å². The molecule has 0 radical (unpaired) electrons. The first-order valence-electron chi connectivity index (χ1n) is 11.5. The molecule has 0 unspecified atom stereocenters. The molecule has 174 valence electrons. The molecular weight excluding hydrogens is 450 g/mol. The number of pyridine rings is 1. The molecule has 0 bridgehead atoms. The number of hydrogen-bond acceptors (Lipinski definition) is 4. The van der Waals surface area contributed by atoms with E-state index in [1.807, 2.05) is 25.4 Å². The van der Waals surface area contributed by atoms with E-state index in [-0.39, 0.29) is 0 Å². The SMILES string of the molecule is C=C/C(=C\C(=C/C)c1ccc2[nH]nc(-c3cc4c(-c5ccsc5)cncc4[nH]3)c2c1)NC(=C)CC. The minimum atomic E-state index is 0.856. The second kappa shape index (κ2) is 9.60. The van der Waals surface area contributed by atoms with E-state index >= 15 is 0 Å². The number of rotatable bonds is 8. The number of aromatic amines is 2. The smallest absolute Gasteiger partial charge is 0.116 e. The molecule has 0 aliphatic heterocycles. The van der Waals surface area contributed by atoms with Crippen LogP contribution in [0.15, 0.2) is 96.3 Å². The normalized spacial score (nSPS) is 12.4. The fraction of sp³-hybridized carbons (Fsp3) is 0.103. The molecule has 1 aromatic carbocycles. The number of aromatic nitrogens is 4. The molecule has 4 aromatic heterocycles. The summed E-state index contributed by atoms with van der Waals surface area (Å²) in [5.74, 6) is 0. The lowest BCUT2D eigenvalue weighted by Gasteiger charge is -2.10. The van der Waals surface area contributed by atoms with Gasteiger partial charge in [0.15, 0.2) is 0 Å². The first kappa shape index (κ1) is 22.6. The van der Waals surface area contributed by atoms with E-state index < -0.39 is 0 Å². The van der Waals surface area contributed by atoms with Crippen molar-refractivity contribution in [3.63, 3.8) is 0 Å². The van der Waals surface area contributed by atoms with Crippen molar-refractivity contribution in [1.29, 1.82) is 0 Å². The van der Waals surface area contributed by atoms with Crippen LogP contribution in [-0.2, 0) is 0 Å². The molecule has 0 fully saturated rings. The minimum Gasteiger partial charge on any atom is -0.359 e. The van der Waals surface area contributed by atoms with Crippen LogP contribution in [0.25, 0.3) is 49.9 Å². The third-order valence-corrected chi connectivity index (χ3v) is 6.80. The van der Waals surface area contributed by atoms with Gasteiger partial charge in [0.1, 0.15) is 5.69 Å². The van der Waals surface area contributed by atoms with Gasteiger partial charge in [0.05, 0.1) is 22.9 Å². The Balaban J connectivity index is 1.57. The highest BCUT2D eigenvalue weighted by molar-refractivity contribution is 7.08. The van der Waals surface area contributed by atoms with Crippen molar-refractivity contribution >= 4 is 38.7 Å². The van der Waals surface area contributed by atoms with Gasteiger partial charge in [-0.25, -0.2) is 0 Å². The lowest BCUT2D eigenvalue weighted by atomic mass is 10.0. The zero-order chi connectivity index (χ0) is 24.4. The van der Waals surface area contributed by atoms with Gasteiger partial charge in [0.25, 0.3) is 0 Å². The first-order valence-corrected chi connectivity index (χ1v) is 12.5. The maximum Gasteiger partial charge on any atom is 0.116 e. The van der Waals surface area contributed by atoms with Gasteiger partial charge in [-0.05, 0) is 77.2 Å². The number of nitrogens with zero attached hydrogens (tertiary/aromatic N) is 2. The van der Waals surface area contributed by atoms with Crippen molar-refractivity contribution in [1.82, 2.24) is 25.5 Å². The Hall–Kier alpha value is -4.16. The van der Waals surface area contributed by atoms with Crippen molar-refractivity contribution in [3.05, 3.63) is 102 Å². The summed E-state index contributed by atoms with van der Waals surface area (Å²) in [6.45, 7) is 12.1. The Morgan fingerprint density at radius 3 is 2.77 bits per heavy atom. The monoisotopic (exact) mass is 477 g/mol. The quantitative estimate of drug-likeness (QED) is 0.200. The van der Waals surface area contributed by atoms with Crippen molar-refractivity contribution < 1.29 is 0 Å². The van der Waals surface area contributed by atoms with Gasteiger partial charge in [-0.2, -0.15) is 16.4 Å². The molecular formula is C29H27N5S. The molecule has 6 heteroatoms. The predicted molar refractivity (Wildman–Crippen MR) is 149 cm³/mol. The molecule has 0 saturated heterocycles. The highest BCUT2D eigenvalue weighted by atomic mass is 32.1. The molecule has 0 saturated carbocycles. The molecule has 5 aromatic rings. The standard InChI is InChI=1S/C29H27N5S/c1-5-18(4)31-22(7-3)12-19(6-2)20-8-9-26-24(13-20)29(34-33-26)27-14-23-25(21-10-11-35-17-21)15-30-16-28(23)32-27/h6-17,31-32H,3-5H2,1-2H3,(H,33,34)/b19-6+,22-12+. The first-order chi connectivity index (χ1) is 17.1. The zero-order valence-corrected chi connectivity index (χ0v) is 20.7. The van der Waals surface area contributed by atoms with Gasteiger partial charge in [0, 0.05) is 33.9 Å². The van der Waals surface area contributed by atoms with Gasteiger partial charge < -0.3 is 10.3 Å². The number of H-pyrrole nitrogens is 2. The maximum atomic E-state index is 4.66. The van der Waals surface area contributed by atoms with Crippen molar-refractivity contribution in [2.24, 2.45) is 0 Å². The van der Waals surface area contributed by atoms with Crippen molar-refractivity contribution in [3.8, 4) is 22.5 Å². The topological polar surface area (TPSA) is 69.4 Å². The summed E-state index contributed by atoms with van der Waals surface area (Å²) < 4.78 is 0. The second-order valence-corrected chi connectivity index (χ2v) is 9.09. The van der Waals surface area contributed by atoms with Crippen LogP contribution in [0.3, 0.4) is 0 Å². The number of nitrogens with one attached hydrogen (secondary N) is 3. The van der Waals surface area contributed by atoms with Crippen LogP contribution in [0.2, 0.25) is 0 Å². The van der Waals surface area contributed by atoms with Crippen LogP contribution in [0.5, 0.6) is 0 Å². The summed E-state index contributed by atoms with van der Waals surface area (Å²) >= 11 is 1.69. The van der Waals surface area contributed by atoms with Crippen LogP contribution in [0.1, 0.15) is 25.8 Å². The van der Waals surface area contributed by atoms with Crippen LogP contribution in [0.4, 0.5) is 0 Å². The number of allylic oxidation sites excluding steroid dienone is 5. The summed E-state index contributed by atoms with van der Waals surface area (Å²) in [4.78, 5) is 7.97. The molecule has 3 N–H and O–H groups in total. The summed E-state index contributed by atoms with van der Waals surface area (Å²) in [5.41, 5.74) is 10.2. The number of benzene rings is 1. The molecule has 5 nitrogen and oxygen atoms in total. The summed E-state index contributed by atoms with van der Waals surface area (Å²) in [6.07, 6.45) is 10.7. The minimum absolute atomic E-state index is 0.856. The Kier molecular flexibility index (Phi) is 6.21. The van der Waals surface area contributed by atoms with Gasteiger partial charge in [-0.15, -0.1) is 0 Å². The van der Waals surface area contributed by atoms with Gasteiger partial charge in [-0.1, -0.05) is 32.2 Å². The third kappa shape index (κ3) is 4.36. The number of fused-ring (bicyclic) bond motifs is 2. The molecule has 0 amide bonds. The average molecular weight is 478 g/mol. The van der Waals surface area contributed by atoms with E-state index in [4.69, 9.17) is 0 Å². The highest BCUT2D eigenvalue weighted by Gasteiger charge is 2.15. The molecule has 0 aliphatic carbocycles. The molecule has 35 heavy (non-hydrogen) atoms. The summed E-state index contributed by atoms with van der Waals surface area (Å²) in [7, 11) is 0.